The molecule has 7 nitrogen and oxygen atoms in total. The third-order valence-corrected chi connectivity index (χ3v) is 6.57. The molecule has 0 aliphatic rings. The van der Waals surface area contributed by atoms with E-state index in [0.717, 1.165) is 63.5 Å². The maximum absolute atomic E-state index is 9.84. The van der Waals surface area contributed by atoms with Crippen LogP contribution in [0.25, 0.3) is 23.1 Å². The van der Waals surface area contributed by atoms with Crippen LogP contribution in [-0.4, -0.2) is 26.5 Å². The SMILES string of the molecule is Cc1ncc(C#N)c(Nc2ccc3[nH]ccc3c2C)c1/C=C/c1cccc(CNCCc2cccnc2)n1. The van der Waals surface area contributed by atoms with Crippen LogP contribution < -0.4 is 10.6 Å². The number of nitriles is 1. The molecule has 0 aliphatic carbocycles. The molecule has 4 aromatic heterocycles. The molecular weight excluding hydrogens is 470 g/mol. The Balaban J connectivity index is 1.35. The zero-order valence-corrected chi connectivity index (χ0v) is 21.5. The number of rotatable bonds is 9. The van der Waals surface area contributed by atoms with Gasteiger partial charge in [0.05, 0.1) is 22.6 Å². The molecule has 3 N–H and O–H groups in total. The van der Waals surface area contributed by atoms with Crippen LogP contribution in [0.4, 0.5) is 11.4 Å². The highest BCUT2D eigenvalue weighted by Crippen LogP contribution is 2.32. The monoisotopic (exact) mass is 499 g/mol. The van der Waals surface area contributed by atoms with E-state index in [-0.39, 0.29) is 0 Å². The van der Waals surface area contributed by atoms with Crippen molar-refractivity contribution in [2.45, 2.75) is 26.8 Å². The summed E-state index contributed by atoms with van der Waals surface area (Å²) in [4.78, 5) is 16.7. The predicted molar refractivity (Wildman–Crippen MR) is 153 cm³/mol. The standard InChI is InChI=1S/C31H29N7/c1-21-27-13-16-35-30(27)11-10-29(21)38-31-24(17-32)19-36-22(2)28(31)9-8-25-6-3-7-26(37-25)20-34-15-12-23-5-4-14-33-18-23/h3-11,13-14,16,18-19,34-35H,12,15,20H2,1-2H3,(H,36,38)/b9-8+. The average molecular weight is 500 g/mol. The second-order valence-corrected chi connectivity index (χ2v) is 9.13. The van der Waals surface area contributed by atoms with Crippen LogP contribution in [0.15, 0.2) is 73.3 Å². The Bertz CT molecular complexity index is 1630. The predicted octanol–water partition coefficient (Wildman–Crippen LogP) is 6.09. The van der Waals surface area contributed by atoms with Crippen LogP contribution >= 0.6 is 0 Å². The molecule has 0 aliphatic heterocycles. The van der Waals surface area contributed by atoms with Crippen LogP contribution in [0.2, 0.25) is 0 Å². The number of aryl methyl sites for hydroxylation is 2. The van der Waals surface area contributed by atoms with Gasteiger partial charge in [-0.2, -0.15) is 5.26 Å². The van der Waals surface area contributed by atoms with Gasteiger partial charge in [0, 0.05) is 59.2 Å². The number of benzene rings is 1. The van der Waals surface area contributed by atoms with E-state index in [9.17, 15) is 5.26 Å². The van der Waals surface area contributed by atoms with Crippen molar-refractivity contribution in [2.75, 3.05) is 11.9 Å². The Labute approximate surface area is 222 Å². The van der Waals surface area contributed by atoms with Crippen molar-refractivity contribution in [1.29, 1.82) is 5.26 Å². The van der Waals surface area contributed by atoms with Gasteiger partial charge in [0.25, 0.3) is 0 Å². The lowest BCUT2D eigenvalue weighted by Gasteiger charge is -2.16. The number of pyridine rings is 3. The van der Waals surface area contributed by atoms with Crippen molar-refractivity contribution >= 4 is 34.4 Å². The van der Waals surface area contributed by atoms with Crippen LogP contribution in [0.5, 0.6) is 0 Å². The first-order valence-electron chi connectivity index (χ1n) is 12.6. The van der Waals surface area contributed by atoms with E-state index in [0.29, 0.717) is 12.1 Å². The van der Waals surface area contributed by atoms with Crippen molar-refractivity contribution in [3.63, 3.8) is 0 Å². The molecule has 0 saturated carbocycles. The van der Waals surface area contributed by atoms with E-state index in [1.54, 1.807) is 12.4 Å². The van der Waals surface area contributed by atoms with Crippen LogP contribution in [0, 0.1) is 25.2 Å². The number of hydrogen-bond donors (Lipinski definition) is 3. The maximum atomic E-state index is 9.84. The second kappa shape index (κ2) is 11.5. The molecular formula is C31H29N7. The molecule has 38 heavy (non-hydrogen) atoms. The number of anilines is 2. The van der Waals surface area contributed by atoms with E-state index in [1.165, 1.54) is 5.56 Å². The van der Waals surface area contributed by atoms with Gasteiger partial charge < -0.3 is 15.6 Å². The molecule has 0 fully saturated rings. The van der Waals surface area contributed by atoms with Gasteiger partial charge in [0.1, 0.15) is 6.07 Å². The van der Waals surface area contributed by atoms with Gasteiger partial charge in [-0.05, 0) is 86.5 Å². The van der Waals surface area contributed by atoms with Gasteiger partial charge in [-0.15, -0.1) is 0 Å². The fourth-order valence-corrected chi connectivity index (χ4v) is 4.45. The summed E-state index contributed by atoms with van der Waals surface area (Å²) in [5, 5.41) is 18.0. The van der Waals surface area contributed by atoms with Crippen LogP contribution in [0.3, 0.4) is 0 Å². The van der Waals surface area contributed by atoms with Crippen molar-refractivity contribution in [3.8, 4) is 6.07 Å². The molecule has 0 amide bonds. The van der Waals surface area contributed by atoms with Gasteiger partial charge in [-0.1, -0.05) is 12.1 Å². The third-order valence-electron chi connectivity index (χ3n) is 6.57. The number of aromatic nitrogens is 4. The van der Waals surface area contributed by atoms with Crippen molar-refractivity contribution in [2.24, 2.45) is 0 Å². The molecule has 0 spiro atoms. The summed E-state index contributed by atoms with van der Waals surface area (Å²) >= 11 is 0. The molecule has 5 aromatic rings. The summed E-state index contributed by atoms with van der Waals surface area (Å²) in [5.74, 6) is 0. The van der Waals surface area contributed by atoms with Gasteiger partial charge in [-0.25, -0.2) is 0 Å². The molecule has 188 valence electrons. The number of fused-ring (bicyclic) bond motifs is 1. The number of H-pyrrole nitrogens is 1. The Morgan fingerprint density at radius 3 is 2.79 bits per heavy atom. The molecule has 0 radical (unpaired) electrons. The van der Waals surface area contributed by atoms with Crippen molar-refractivity contribution in [3.05, 3.63) is 113 Å². The van der Waals surface area contributed by atoms with Crippen molar-refractivity contribution in [1.82, 2.24) is 25.3 Å². The zero-order chi connectivity index (χ0) is 26.3. The summed E-state index contributed by atoms with van der Waals surface area (Å²) < 4.78 is 0. The smallest absolute Gasteiger partial charge is 0.103 e. The zero-order valence-electron chi connectivity index (χ0n) is 21.5. The lowest BCUT2D eigenvalue weighted by molar-refractivity contribution is 0.673. The van der Waals surface area contributed by atoms with Gasteiger partial charge in [0.2, 0.25) is 0 Å². The molecule has 7 heteroatoms. The van der Waals surface area contributed by atoms with Gasteiger partial charge in [-0.3, -0.25) is 15.0 Å². The first-order chi connectivity index (χ1) is 18.6. The second-order valence-electron chi connectivity index (χ2n) is 9.13. The number of aromatic amines is 1. The molecule has 0 unspecified atom stereocenters. The Kier molecular flexibility index (Phi) is 7.53. The summed E-state index contributed by atoms with van der Waals surface area (Å²) in [5.41, 5.74) is 9.08. The average Bonchev–Trinajstić information content (AvgIpc) is 3.43. The normalized spacial score (nSPS) is 11.2. The Morgan fingerprint density at radius 2 is 1.95 bits per heavy atom. The minimum atomic E-state index is 0.489. The topological polar surface area (TPSA) is 102 Å². The maximum Gasteiger partial charge on any atom is 0.103 e. The quantitative estimate of drug-likeness (QED) is 0.212. The largest absolute Gasteiger partial charge is 0.361 e. The van der Waals surface area contributed by atoms with Crippen LogP contribution in [0.1, 0.15) is 39.3 Å². The first-order valence-corrected chi connectivity index (χ1v) is 12.6. The minimum absolute atomic E-state index is 0.489. The third kappa shape index (κ3) is 5.61. The lowest BCUT2D eigenvalue weighted by atomic mass is 10.0. The summed E-state index contributed by atoms with van der Waals surface area (Å²) in [6.07, 6.45) is 12.1. The fourth-order valence-electron chi connectivity index (χ4n) is 4.45. The fraction of sp³-hybridized carbons (Fsp3) is 0.161. The number of nitrogens with zero attached hydrogens (tertiary/aromatic N) is 4. The molecule has 1 aromatic carbocycles. The van der Waals surface area contributed by atoms with E-state index < -0.39 is 0 Å². The first kappa shape index (κ1) is 24.9. The summed E-state index contributed by atoms with van der Waals surface area (Å²) in [6.45, 7) is 5.56. The van der Waals surface area contributed by atoms with E-state index in [2.05, 4.69) is 50.7 Å². The molecule has 4 heterocycles. The molecule has 0 bridgehead atoms. The lowest BCUT2D eigenvalue weighted by Crippen LogP contribution is -2.17. The minimum Gasteiger partial charge on any atom is -0.361 e. The Morgan fingerprint density at radius 1 is 1.03 bits per heavy atom. The highest BCUT2D eigenvalue weighted by molar-refractivity contribution is 5.90. The van der Waals surface area contributed by atoms with Crippen LogP contribution in [-0.2, 0) is 13.0 Å². The number of hydrogen-bond acceptors (Lipinski definition) is 6. The van der Waals surface area contributed by atoms with Gasteiger partial charge in [0.15, 0.2) is 0 Å². The highest BCUT2D eigenvalue weighted by atomic mass is 14.9. The molecule has 0 saturated heterocycles. The van der Waals surface area contributed by atoms with E-state index in [4.69, 9.17) is 4.98 Å². The molecule has 0 atom stereocenters. The van der Waals surface area contributed by atoms with E-state index in [1.807, 2.05) is 67.9 Å². The van der Waals surface area contributed by atoms with Crippen molar-refractivity contribution < 1.29 is 0 Å². The summed E-state index contributed by atoms with van der Waals surface area (Å²) in [6, 6.07) is 18.5. The highest BCUT2D eigenvalue weighted by Gasteiger charge is 2.13. The summed E-state index contributed by atoms with van der Waals surface area (Å²) in [7, 11) is 0. The van der Waals surface area contributed by atoms with E-state index >= 15 is 0 Å². The van der Waals surface area contributed by atoms with Gasteiger partial charge >= 0.3 is 0 Å². The number of nitrogens with one attached hydrogen (secondary N) is 3. The molecule has 5 rings (SSSR count). The Hall–Kier alpha value is -4.80.